The number of hydrogen-bond donors (Lipinski definition) is 2. The Morgan fingerprint density at radius 3 is 2.86 bits per heavy atom. The average molecular weight is 505 g/mol. The van der Waals surface area contributed by atoms with E-state index in [4.69, 9.17) is 18.0 Å². The summed E-state index contributed by atoms with van der Waals surface area (Å²) in [5.41, 5.74) is 7.16. The minimum Gasteiger partial charge on any atom is -0.402 e. The highest BCUT2D eigenvalue weighted by Gasteiger charge is 2.70. The van der Waals surface area contributed by atoms with Crippen molar-refractivity contribution in [1.82, 2.24) is 19.7 Å². The van der Waals surface area contributed by atoms with Crippen LogP contribution in [0.4, 0.5) is 23.5 Å². The Bertz CT molecular complexity index is 1290. The van der Waals surface area contributed by atoms with Crippen LogP contribution in [0.1, 0.15) is 42.6 Å². The Balaban J connectivity index is 1.21. The van der Waals surface area contributed by atoms with Crippen LogP contribution in [0.15, 0.2) is 41.6 Å². The number of fused-ring (bicyclic) bond motifs is 1. The third kappa shape index (κ3) is 3.62. The molecule has 0 radical (unpaired) electrons. The zero-order valence-electron chi connectivity index (χ0n) is 18.9. The minimum absolute atomic E-state index is 0.0928. The second-order valence-corrected chi connectivity index (χ2v) is 10.4. The van der Waals surface area contributed by atoms with Crippen molar-refractivity contribution in [3.05, 3.63) is 64.4 Å². The normalized spacial score (nSPS) is 29.1. The lowest BCUT2D eigenvalue weighted by Crippen LogP contribution is -2.46. The number of hydrogen-bond acceptors (Lipinski definition) is 5. The van der Waals surface area contributed by atoms with Gasteiger partial charge in [-0.25, -0.2) is 9.07 Å². The summed E-state index contributed by atoms with van der Waals surface area (Å²) >= 11 is 5.52. The lowest BCUT2D eigenvalue weighted by atomic mass is 9.69. The number of aromatic nitrogens is 3. The zero-order chi connectivity index (χ0) is 24.7. The van der Waals surface area contributed by atoms with E-state index < -0.39 is 23.5 Å². The van der Waals surface area contributed by atoms with Crippen LogP contribution < -0.4 is 11.1 Å². The van der Waals surface area contributed by atoms with E-state index in [1.807, 2.05) is 13.0 Å². The van der Waals surface area contributed by atoms with Gasteiger partial charge in [0.05, 0.1) is 11.6 Å². The van der Waals surface area contributed by atoms with Crippen molar-refractivity contribution in [3.8, 4) is 0 Å². The molecule has 1 aromatic carbocycles. The maximum Gasteiger partial charge on any atom is 0.416 e. The maximum absolute atomic E-state index is 14.1. The molecular weight excluding hydrogens is 480 g/mol. The van der Waals surface area contributed by atoms with Crippen molar-refractivity contribution >= 4 is 23.2 Å². The Hall–Kier alpha value is -2.95. The number of aryl methyl sites for hydroxylation is 1. The molecule has 4 aliphatic rings. The van der Waals surface area contributed by atoms with E-state index >= 15 is 0 Å². The highest BCUT2D eigenvalue weighted by molar-refractivity contribution is 7.80. The number of allylic oxidation sites excluding steroid dienone is 1. The molecular formula is C24H24F4N6S. The summed E-state index contributed by atoms with van der Waals surface area (Å²) in [5.74, 6) is 0.000405. The van der Waals surface area contributed by atoms with Gasteiger partial charge in [0, 0.05) is 42.6 Å². The summed E-state index contributed by atoms with van der Waals surface area (Å²) in [7, 11) is 0. The average Bonchev–Trinajstić information content (AvgIpc) is 3.05. The molecule has 2 aliphatic carbocycles. The van der Waals surface area contributed by atoms with Gasteiger partial charge in [0.1, 0.15) is 16.6 Å². The van der Waals surface area contributed by atoms with Gasteiger partial charge in [0.2, 0.25) is 5.95 Å². The van der Waals surface area contributed by atoms with Gasteiger partial charge >= 0.3 is 6.18 Å². The molecule has 1 aromatic heterocycles. The number of anilines is 1. The van der Waals surface area contributed by atoms with Crippen LogP contribution in [0.5, 0.6) is 0 Å². The molecule has 6 nitrogen and oxygen atoms in total. The largest absolute Gasteiger partial charge is 0.416 e. The number of nitrogens with two attached hydrogens (primary N) is 1. The Morgan fingerprint density at radius 2 is 2.11 bits per heavy atom. The number of rotatable bonds is 4. The van der Waals surface area contributed by atoms with Crippen LogP contribution in [-0.4, -0.2) is 43.8 Å². The number of likely N-dealkylation sites (tertiary alicyclic amines) is 1. The first-order valence-corrected chi connectivity index (χ1v) is 12.0. The lowest BCUT2D eigenvalue weighted by Gasteiger charge is -2.38. The summed E-state index contributed by atoms with van der Waals surface area (Å²) < 4.78 is 55.6. The molecule has 35 heavy (non-hydrogen) atoms. The fraction of sp³-hybridized carbons (Fsp3) is 0.458. The molecule has 1 saturated carbocycles. The minimum atomic E-state index is -4.61. The molecule has 6 rings (SSSR count). The summed E-state index contributed by atoms with van der Waals surface area (Å²) in [6.07, 6.45) is 0.777. The molecule has 2 unspecified atom stereocenters. The van der Waals surface area contributed by atoms with Crippen molar-refractivity contribution in [3.63, 3.8) is 0 Å². The second-order valence-electron chi connectivity index (χ2n) is 9.96. The number of nitrogens with zero attached hydrogens (tertiary/aromatic N) is 4. The third-order valence-electron chi connectivity index (χ3n) is 7.61. The molecule has 2 fully saturated rings. The van der Waals surface area contributed by atoms with Crippen molar-refractivity contribution < 1.29 is 17.6 Å². The van der Waals surface area contributed by atoms with E-state index in [9.17, 15) is 17.6 Å². The molecule has 1 saturated heterocycles. The Morgan fingerprint density at radius 1 is 1.31 bits per heavy atom. The van der Waals surface area contributed by atoms with Crippen molar-refractivity contribution in [2.24, 2.45) is 17.1 Å². The van der Waals surface area contributed by atoms with Crippen LogP contribution in [0.3, 0.4) is 0 Å². The smallest absolute Gasteiger partial charge is 0.402 e. The zero-order valence-corrected chi connectivity index (χ0v) is 19.8. The van der Waals surface area contributed by atoms with Gasteiger partial charge in [-0.15, -0.1) is 5.10 Å². The van der Waals surface area contributed by atoms with Gasteiger partial charge in [0.15, 0.2) is 0 Å². The SMILES string of the molecule is CC(N)=CC(=S)N1C[C@H]2[C@H](Nc3nc4n(n3)CCCC4c3cc(F)cc(C(F)(F)F)c3)C3=CC32C1. The van der Waals surface area contributed by atoms with Crippen molar-refractivity contribution in [1.29, 1.82) is 0 Å². The second kappa shape index (κ2) is 7.52. The number of nitrogens with one attached hydrogen (secondary N) is 1. The monoisotopic (exact) mass is 504 g/mol. The molecule has 2 aromatic rings. The number of alkyl halides is 3. The maximum atomic E-state index is 14.1. The topological polar surface area (TPSA) is 72.0 Å². The van der Waals surface area contributed by atoms with E-state index in [2.05, 4.69) is 26.4 Å². The van der Waals surface area contributed by atoms with E-state index in [0.717, 1.165) is 30.6 Å². The molecule has 0 bridgehead atoms. The van der Waals surface area contributed by atoms with E-state index in [1.54, 1.807) is 4.68 Å². The standard InChI is InChI=1S/C24H24F4N6S/c1-12(29)5-19(35)33-10-18-20(17-9-23(17,18)11-33)30-22-31-21-16(3-2-4-34(21)32-22)13-6-14(24(26,27)28)8-15(25)7-13/h5-9,16,18,20H,2-4,10-11,29H2,1H3,(H,30,32)/t16?,18-,20+,23?/m0/s1. The summed E-state index contributed by atoms with van der Waals surface area (Å²) in [6.45, 7) is 4.09. The quantitative estimate of drug-likeness (QED) is 0.282. The van der Waals surface area contributed by atoms with Gasteiger partial charge in [-0.2, -0.15) is 18.2 Å². The first-order valence-electron chi connectivity index (χ1n) is 11.6. The molecule has 3 N–H and O–H groups in total. The first kappa shape index (κ1) is 22.5. The Labute approximate surface area is 204 Å². The highest BCUT2D eigenvalue weighted by Crippen LogP contribution is 2.68. The van der Waals surface area contributed by atoms with E-state index in [1.165, 1.54) is 11.6 Å². The van der Waals surface area contributed by atoms with Gasteiger partial charge < -0.3 is 16.0 Å². The molecule has 4 atom stereocenters. The molecule has 2 aliphatic heterocycles. The third-order valence-corrected chi connectivity index (χ3v) is 7.98. The molecule has 3 heterocycles. The number of halogens is 4. The van der Waals surface area contributed by atoms with Gasteiger partial charge in [-0.1, -0.05) is 18.3 Å². The molecule has 11 heteroatoms. The lowest BCUT2D eigenvalue weighted by molar-refractivity contribution is -0.137. The molecule has 0 amide bonds. The number of benzene rings is 1. The predicted octanol–water partition coefficient (Wildman–Crippen LogP) is 4.20. The van der Waals surface area contributed by atoms with Crippen LogP contribution in [0.2, 0.25) is 0 Å². The molecule has 1 spiro atoms. The van der Waals surface area contributed by atoms with Crippen molar-refractivity contribution in [2.45, 2.75) is 44.4 Å². The fourth-order valence-electron chi connectivity index (χ4n) is 5.98. The van der Waals surface area contributed by atoms with Gasteiger partial charge in [-0.05, 0) is 55.2 Å². The Kier molecular flexibility index (Phi) is 4.84. The fourth-order valence-corrected chi connectivity index (χ4v) is 6.30. The summed E-state index contributed by atoms with van der Waals surface area (Å²) in [6, 6.07) is 2.81. The van der Waals surface area contributed by atoms with Gasteiger partial charge in [-0.3, -0.25) is 0 Å². The predicted molar refractivity (Wildman–Crippen MR) is 126 cm³/mol. The van der Waals surface area contributed by atoms with Crippen LogP contribution in [0, 0.1) is 17.2 Å². The first-order chi connectivity index (χ1) is 16.5. The van der Waals surface area contributed by atoms with E-state index in [-0.39, 0.29) is 17.0 Å². The van der Waals surface area contributed by atoms with Crippen LogP contribution in [0.25, 0.3) is 0 Å². The highest BCUT2D eigenvalue weighted by atomic mass is 32.1. The summed E-state index contributed by atoms with van der Waals surface area (Å²) in [5, 5.41) is 8.02. The van der Waals surface area contributed by atoms with Crippen LogP contribution in [-0.2, 0) is 12.7 Å². The van der Waals surface area contributed by atoms with Crippen molar-refractivity contribution in [2.75, 3.05) is 18.4 Å². The number of thiocarbonyl (C=S) groups is 1. The summed E-state index contributed by atoms with van der Waals surface area (Å²) in [4.78, 5) is 7.56. The molecule has 184 valence electrons. The van der Waals surface area contributed by atoms with Gasteiger partial charge in [0.25, 0.3) is 0 Å². The van der Waals surface area contributed by atoms with Crippen LogP contribution >= 0.6 is 12.2 Å². The van der Waals surface area contributed by atoms with E-state index in [0.29, 0.717) is 42.4 Å².